The number of hydrogen-bond donors (Lipinski definition) is 1. The van der Waals surface area contributed by atoms with Gasteiger partial charge in [0.1, 0.15) is 0 Å². The highest BCUT2D eigenvalue weighted by atomic mass is 35.5. The molecule has 0 amide bonds. The van der Waals surface area contributed by atoms with E-state index in [1.807, 2.05) is 12.4 Å². The SMILES string of the molecule is CC(=O)SCC1CNCC1c1ccncc1.Cl.Cl. The number of carbonyl (C=O) groups excluding carboxylic acids is 1. The molecule has 102 valence electrons. The molecule has 1 aromatic heterocycles. The fourth-order valence-electron chi connectivity index (χ4n) is 2.13. The van der Waals surface area contributed by atoms with Crippen LogP contribution in [0.3, 0.4) is 0 Å². The summed E-state index contributed by atoms with van der Waals surface area (Å²) in [5.74, 6) is 1.99. The zero-order chi connectivity index (χ0) is 11.4. The summed E-state index contributed by atoms with van der Waals surface area (Å²) >= 11 is 1.43. The number of halogens is 2. The minimum atomic E-state index is 0. The number of nitrogens with one attached hydrogen (secondary N) is 1. The Morgan fingerprint density at radius 2 is 2.06 bits per heavy atom. The van der Waals surface area contributed by atoms with Crippen molar-refractivity contribution in [2.24, 2.45) is 5.92 Å². The van der Waals surface area contributed by atoms with Crippen LogP contribution in [0.25, 0.3) is 0 Å². The van der Waals surface area contributed by atoms with Gasteiger partial charge in [-0.3, -0.25) is 9.78 Å². The predicted octanol–water partition coefficient (Wildman–Crippen LogP) is 2.51. The van der Waals surface area contributed by atoms with Gasteiger partial charge in [-0.1, -0.05) is 11.8 Å². The molecule has 1 aliphatic heterocycles. The molecule has 1 aliphatic rings. The van der Waals surface area contributed by atoms with Crippen molar-refractivity contribution < 1.29 is 4.79 Å². The van der Waals surface area contributed by atoms with Gasteiger partial charge in [-0.15, -0.1) is 24.8 Å². The number of nitrogens with zero attached hydrogens (tertiary/aromatic N) is 1. The smallest absolute Gasteiger partial charge is 0.185 e. The summed E-state index contributed by atoms with van der Waals surface area (Å²) in [6.07, 6.45) is 3.67. The first-order valence-corrected chi connectivity index (χ1v) is 6.50. The molecule has 0 spiro atoms. The number of aromatic nitrogens is 1. The van der Waals surface area contributed by atoms with Crippen molar-refractivity contribution in [2.45, 2.75) is 12.8 Å². The van der Waals surface area contributed by atoms with E-state index < -0.39 is 0 Å². The standard InChI is InChI=1S/C12H16N2OS.2ClH/c1-9(15)16-8-11-6-14-7-12(11)10-2-4-13-5-3-10;;/h2-5,11-12,14H,6-8H2,1H3;2*1H. The Bertz CT molecular complexity index is 364. The molecule has 2 heterocycles. The van der Waals surface area contributed by atoms with Crippen LogP contribution in [0.1, 0.15) is 18.4 Å². The van der Waals surface area contributed by atoms with Crippen LogP contribution < -0.4 is 5.32 Å². The van der Waals surface area contributed by atoms with Gasteiger partial charge in [-0.2, -0.15) is 0 Å². The quantitative estimate of drug-likeness (QED) is 0.931. The van der Waals surface area contributed by atoms with E-state index in [-0.39, 0.29) is 29.9 Å². The summed E-state index contributed by atoms with van der Waals surface area (Å²) in [6.45, 7) is 3.65. The van der Waals surface area contributed by atoms with Gasteiger partial charge < -0.3 is 5.32 Å². The van der Waals surface area contributed by atoms with E-state index in [0.717, 1.165) is 18.8 Å². The Morgan fingerprint density at radius 3 is 2.67 bits per heavy atom. The fourth-order valence-corrected chi connectivity index (χ4v) is 2.93. The molecule has 0 aromatic carbocycles. The third-order valence-electron chi connectivity index (χ3n) is 2.97. The molecule has 1 aromatic rings. The zero-order valence-electron chi connectivity index (χ0n) is 10.2. The van der Waals surface area contributed by atoms with E-state index in [9.17, 15) is 4.79 Å². The molecular formula is C12H18Cl2N2OS. The number of carbonyl (C=O) groups is 1. The first kappa shape index (κ1) is 17.7. The first-order valence-electron chi connectivity index (χ1n) is 5.51. The normalized spacial score (nSPS) is 21.8. The minimum Gasteiger partial charge on any atom is -0.316 e. The van der Waals surface area contributed by atoms with E-state index in [0.29, 0.717) is 11.8 Å². The van der Waals surface area contributed by atoms with Crippen molar-refractivity contribution in [3.05, 3.63) is 30.1 Å². The van der Waals surface area contributed by atoms with E-state index in [2.05, 4.69) is 22.4 Å². The Morgan fingerprint density at radius 1 is 1.39 bits per heavy atom. The third kappa shape index (κ3) is 4.76. The largest absolute Gasteiger partial charge is 0.316 e. The summed E-state index contributed by atoms with van der Waals surface area (Å²) in [5.41, 5.74) is 1.33. The molecule has 3 nitrogen and oxygen atoms in total. The van der Waals surface area contributed by atoms with Gasteiger partial charge in [0.15, 0.2) is 5.12 Å². The molecule has 0 radical (unpaired) electrons. The summed E-state index contributed by atoms with van der Waals surface area (Å²) in [7, 11) is 0. The van der Waals surface area contributed by atoms with Gasteiger partial charge in [0.2, 0.25) is 0 Å². The average Bonchev–Trinajstić information content (AvgIpc) is 2.75. The molecule has 2 unspecified atom stereocenters. The molecule has 1 saturated heterocycles. The number of thioether (sulfide) groups is 1. The van der Waals surface area contributed by atoms with Crippen molar-refractivity contribution in [1.29, 1.82) is 0 Å². The lowest BCUT2D eigenvalue weighted by Gasteiger charge is -2.17. The second kappa shape index (κ2) is 8.75. The Hall–Kier alpha value is -0.290. The van der Waals surface area contributed by atoms with Gasteiger partial charge in [0.25, 0.3) is 0 Å². The highest BCUT2D eigenvalue weighted by molar-refractivity contribution is 8.13. The highest BCUT2D eigenvalue weighted by Crippen LogP contribution is 2.30. The molecular weight excluding hydrogens is 291 g/mol. The summed E-state index contributed by atoms with van der Waals surface area (Å²) in [4.78, 5) is 15.0. The van der Waals surface area contributed by atoms with Crippen LogP contribution in [0.5, 0.6) is 0 Å². The van der Waals surface area contributed by atoms with E-state index in [1.165, 1.54) is 17.3 Å². The van der Waals surface area contributed by atoms with Crippen LogP contribution in [-0.2, 0) is 4.79 Å². The second-order valence-corrected chi connectivity index (χ2v) is 5.30. The molecule has 0 aliphatic carbocycles. The molecule has 0 saturated carbocycles. The van der Waals surface area contributed by atoms with E-state index in [4.69, 9.17) is 0 Å². The van der Waals surface area contributed by atoms with Gasteiger partial charge in [-0.25, -0.2) is 0 Å². The van der Waals surface area contributed by atoms with Crippen LogP contribution in [0.15, 0.2) is 24.5 Å². The molecule has 1 N–H and O–H groups in total. The molecule has 18 heavy (non-hydrogen) atoms. The van der Waals surface area contributed by atoms with Crippen molar-refractivity contribution in [2.75, 3.05) is 18.8 Å². The Labute approximate surface area is 124 Å². The van der Waals surface area contributed by atoms with Crippen molar-refractivity contribution >= 4 is 41.7 Å². The minimum absolute atomic E-state index is 0. The van der Waals surface area contributed by atoms with Gasteiger partial charge in [0.05, 0.1) is 0 Å². The molecule has 0 bridgehead atoms. The van der Waals surface area contributed by atoms with Crippen LogP contribution in [0.2, 0.25) is 0 Å². The predicted molar refractivity (Wildman–Crippen MR) is 81.0 cm³/mol. The maximum atomic E-state index is 11.0. The van der Waals surface area contributed by atoms with Crippen LogP contribution in [0.4, 0.5) is 0 Å². The van der Waals surface area contributed by atoms with Gasteiger partial charge in [0, 0.05) is 37.5 Å². The van der Waals surface area contributed by atoms with Crippen LogP contribution in [-0.4, -0.2) is 28.9 Å². The zero-order valence-corrected chi connectivity index (χ0v) is 12.6. The van der Waals surface area contributed by atoms with Crippen molar-refractivity contribution in [1.82, 2.24) is 10.3 Å². The maximum Gasteiger partial charge on any atom is 0.185 e. The molecule has 2 atom stereocenters. The number of hydrogen-bond acceptors (Lipinski definition) is 4. The summed E-state index contributed by atoms with van der Waals surface area (Å²) in [5, 5.41) is 3.61. The van der Waals surface area contributed by atoms with Crippen molar-refractivity contribution in [3.63, 3.8) is 0 Å². The molecule has 2 rings (SSSR count). The lowest BCUT2D eigenvalue weighted by atomic mass is 9.91. The van der Waals surface area contributed by atoms with Crippen LogP contribution in [0, 0.1) is 5.92 Å². The average molecular weight is 309 g/mol. The van der Waals surface area contributed by atoms with Crippen molar-refractivity contribution in [3.8, 4) is 0 Å². The second-order valence-electron chi connectivity index (χ2n) is 4.11. The topological polar surface area (TPSA) is 42.0 Å². The van der Waals surface area contributed by atoms with Crippen LogP contribution >= 0.6 is 36.6 Å². The number of rotatable bonds is 3. The molecule has 6 heteroatoms. The summed E-state index contributed by atoms with van der Waals surface area (Å²) < 4.78 is 0. The van der Waals surface area contributed by atoms with Gasteiger partial charge >= 0.3 is 0 Å². The lowest BCUT2D eigenvalue weighted by molar-refractivity contribution is -0.109. The highest BCUT2D eigenvalue weighted by Gasteiger charge is 2.28. The summed E-state index contributed by atoms with van der Waals surface area (Å²) in [6, 6.07) is 4.15. The first-order chi connectivity index (χ1) is 7.77. The molecule has 1 fully saturated rings. The van der Waals surface area contributed by atoms with Gasteiger partial charge in [-0.05, 0) is 30.2 Å². The maximum absolute atomic E-state index is 11.0. The third-order valence-corrected chi connectivity index (χ3v) is 3.98. The Balaban J connectivity index is 0.00000144. The lowest BCUT2D eigenvalue weighted by Crippen LogP contribution is -2.14. The monoisotopic (exact) mass is 308 g/mol. The fraction of sp³-hybridized carbons (Fsp3) is 0.500. The Kier molecular flexibility index (Phi) is 8.61. The van der Waals surface area contributed by atoms with E-state index >= 15 is 0 Å². The number of pyridine rings is 1. The van der Waals surface area contributed by atoms with E-state index in [1.54, 1.807) is 6.92 Å².